The van der Waals surface area contributed by atoms with Gasteiger partial charge in [-0.25, -0.2) is 5.10 Å². The lowest BCUT2D eigenvalue weighted by Crippen LogP contribution is -2.03. The van der Waals surface area contributed by atoms with Crippen molar-refractivity contribution in [2.24, 2.45) is 0 Å². The van der Waals surface area contributed by atoms with Crippen LogP contribution in [0.25, 0.3) is 11.4 Å². The van der Waals surface area contributed by atoms with Gasteiger partial charge in [-0.15, -0.1) is 0 Å². The van der Waals surface area contributed by atoms with Crippen LogP contribution in [-0.4, -0.2) is 31.9 Å². The van der Waals surface area contributed by atoms with Crippen molar-refractivity contribution in [1.82, 2.24) is 20.4 Å². The van der Waals surface area contributed by atoms with Crippen LogP contribution in [0.1, 0.15) is 5.56 Å². The summed E-state index contributed by atoms with van der Waals surface area (Å²) in [6.07, 6.45) is 0. The van der Waals surface area contributed by atoms with Crippen molar-refractivity contribution in [3.63, 3.8) is 0 Å². The predicted molar refractivity (Wildman–Crippen MR) is 58.6 cm³/mol. The summed E-state index contributed by atoms with van der Waals surface area (Å²) in [4.78, 5) is 10.1. The number of H-pyrrole nitrogens is 2. The topological polar surface area (TPSA) is 136 Å². The molecule has 0 aromatic carbocycles. The average molecular weight is 274 g/mol. The van der Waals surface area contributed by atoms with Gasteiger partial charge in [0, 0.05) is 5.56 Å². The second-order valence-corrected chi connectivity index (χ2v) is 3.50. The maximum Gasteiger partial charge on any atom is 0.388 e. The van der Waals surface area contributed by atoms with Gasteiger partial charge in [0.2, 0.25) is 5.88 Å². The SMILES string of the molecule is Cc1c(-c2n[nH]c(N)c2[N+](=O)[O-])n[nH]c1OC(F)F. The normalized spacial score (nSPS) is 10.9. The Balaban J connectivity index is 2.49. The fourth-order valence-corrected chi connectivity index (χ4v) is 1.52. The Morgan fingerprint density at radius 1 is 1.37 bits per heavy atom. The molecule has 0 saturated carbocycles. The molecular weight excluding hydrogens is 266 g/mol. The highest BCUT2D eigenvalue weighted by atomic mass is 19.3. The molecule has 0 aliphatic carbocycles. The number of rotatable bonds is 4. The Hall–Kier alpha value is -2.72. The summed E-state index contributed by atoms with van der Waals surface area (Å²) in [5, 5.41) is 22.6. The third-order valence-corrected chi connectivity index (χ3v) is 2.35. The molecule has 2 heterocycles. The van der Waals surface area contributed by atoms with Gasteiger partial charge in [-0.2, -0.15) is 19.0 Å². The molecule has 0 atom stereocenters. The average Bonchev–Trinajstić information content (AvgIpc) is 2.83. The first-order chi connectivity index (χ1) is 8.91. The summed E-state index contributed by atoms with van der Waals surface area (Å²) in [6, 6.07) is 0. The van der Waals surface area contributed by atoms with E-state index in [1.54, 1.807) is 0 Å². The van der Waals surface area contributed by atoms with Gasteiger partial charge in [-0.1, -0.05) is 0 Å². The highest BCUT2D eigenvalue weighted by Crippen LogP contribution is 2.35. The molecule has 0 bridgehead atoms. The van der Waals surface area contributed by atoms with Crippen LogP contribution in [0.15, 0.2) is 0 Å². The maximum atomic E-state index is 12.1. The summed E-state index contributed by atoms with van der Waals surface area (Å²) >= 11 is 0. The molecule has 19 heavy (non-hydrogen) atoms. The van der Waals surface area contributed by atoms with Crippen molar-refractivity contribution in [2.45, 2.75) is 13.5 Å². The maximum absolute atomic E-state index is 12.1. The molecule has 0 saturated heterocycles. The van der Waals surface area contributed by atoms with Crippen LogP contribution < -0.4 is 10.5 Å². The Morgan fingerprint density at radius 2 is 2.00 bits per heavy atom. The molecule has 102 valence electrons. The third kappa shape index (κ3) is 2.17. The van der Waals surface area contributed by atoms with E-state index >= 15 is 0 Å². The van der Waals surface area contributed by atoms with E-state index in [0.29, 0.717) is 0 Å². The lowest BCUT2D eigenvalue weighted by molar-refractivity contribution is -0.383. The highest BCUT2D eigenvalue weighted by Gasteiger charge is 2.28. The van der Waals surface area contributed by atoms with Gasteiger partial charge in [0.25, 0.3) is 0 Å². The number of ether oxygens (including phenoxy) is 1. The summed E-state index contributed by atoms with van der Waals surface area (Å²) in [7, 11) is 0. The van der Waals surface area contributed by atoms with Crippen LogP contribution in [0.5, 0.6) is 5.88 Å². The largest absolute Gasteiger partial charge is 0.417 e. The second kappa shape index (κ2) is 4.51. The number of nitrogens with one attached hydrogen (secondary N) is 2. The van der Waals surface area contributed by atoms with Crippen molar-refractivity contribution in [1.29, 1.82) is 0 Å². The smallest absolute Gasteiger partial charge is 0.388 e. The first-order valence-electron chi connectivity index (χ1n) is 4.90. The first-order valence-corrected chi connectivity index (χ1v) is 4.90. The van der Waals surface area contributed by atoms with Gasteiger partial charge < -0.3 is 10.5 Å². The number of aromatic nitrogens is 4. The minimum atomic E-state index is -3.04. The zero-order chi connectivity index (χ0) is 14.2. The van der Waals surface area contributed by atoms with E-state index in [0.717, 1.165) is 0 Å². The van der Waals surface area contributed by atoms with Crippen molar-refractivity contribution >= 4 is 11.5 Å². The number of hydrogen-bond acceptors (Lipinski definition) is 6. The van der Waals surface area contributed by atoms with E-state index in [1.807, 2.05) is 0 Å². The number of nitrogen functional groups attached to an aromatic ring is 1. The molecule has 4 N–H and O–H groups in total. The van der Waals surface area contributed by atoms with Crippen LogP contribution in [0, 0.1) is 17.0 Å². The third-order valence-electron chi connectivity index (χ3n) is 2.35. The number of alkyl halides is 2. The number of halogens is 2. The first kappa shape index (κ1) is 12.7. The van der Waals surface area contributed by atoms with E-state index in [2.05, 4.69) is 25.1 Å². The lowest BCUT2D eigenvalue weighted by atomic mass is 10.2. The van der Waals surface area contributed by atoms with Crippen LogP contribution >= 0.6 is 0 Å². The number of aromatic amines is 2. The van der Waals surface area contributed by atoms with Gasteiger partial charge >= 0.3 is 12.3 Å². The van der Waals surface area contributed by atoms with E-state index in [-0.39, 0.29) is 28.6 Å². The second-order valence-electron chi connectivity index (χ2n) is 3.50. The summed E-state index contributed by atoms with van der Waals surface area (Å²) in [5.41, 5.74) is 4.91. The van der Waals surface area contributed by atoms with Crippen molar-refractivity contribution in [3.05, 3.63) is 15.7 Å². The molecule has 0 radical (unpaired) electrons. The zero-order valence-electron chi connectivity index (χ0n) is 9.48. The number of nitrogens with two attached hydrogens (primary N) is 1. The number of anilines is 1. The van der Waals surface area contributed by atoms with Crippen LogP contribution in [-0.2, 0) is 0 Å². The van der Waals surface area contributed by atoms with Crippen molar-refractivity contribution < 1.29 is 18.4 Å². The summed E-state index contributed by atoms with van der Waals surface area (Å²) in [5.74, 6) is -0.542. The van der Waals surface area contributed by atoms with Crippen molar-refractivity contribution in [3.8, 4) is 17.3 Å². The Bertz CT molecular complexity index is 622. The lowest BCUT2D eigenvalue weighted by Gasteiger charge is -2.01. The van der Waals surface area contributed by atoms with Crippen LogP contribution in [0.3, 0.4) is 0 Å². The fraction of sp³-hybridized carbons (Fsp3) is 0.250. The molecule has 0 spiro atoms. The molecule has 0 unspecified atom stereocenters. The molecule has 0 aliphatic rings. The molecular formula is C8H8F2N6O3. The number of nitro groups is 1. The molecule has 9 nitrogen and oxygen atoms in total. The van der Waals surface area contributed by atoms with Crippen LogP contribution in [0.2, 0.25) is 0 Å². The predicted octanol–water partition coefficient (Wildman–Crippen LogP) is 1.20. The monoisotopic (exact) mass is 274 g/mol. The van der Waals surface area contributed by atoms with E-state index in [4.69, 9.17) is 5.73 Å². The molecule has 0 aliphatic heterocycles. The molecule has 2 rings (SSSR count). The number of hydrogen-bond donors (Lipinski definition) is 3. The van der Waals surface area contributed by atoms with E-state index in [1.165, 1.54) is 6.92 Å². The molecule has 0 amide bonds. The number of nitrogens with zero attached hydrogens (tertiary/aromatic N) is 3. The van der Waals surface area contributed by atoms with Gasteiger partial charge in [-0.3, -0.25) is 15.2 Å². The molecule has 2 aromatic heterocycles. The Morgan fingerprint density at radius 3 is 2.58 bits per heavy atom. The summed E-state index contributed by atoms with van der Waals surface area (Å²) < 4.78 is 28.4. The standard InChI is InChI=1S/C8H8F2N6O3/c1-2-3(12-15-7(2)19-8(9)10)4-5(16(17)18)6(11)14-13-4/h8H,1H3,(H,12,15)(H3,11,13,14). The van der Waals surface area contributed by atoms with Crippen LogP contribution in [0.4, 0.5) is 20.3 Å². The zero-order valence-corrected chi connectivity index (χ0v) is 9.48. The molecule has 0 fully saturated rings. The van der Waals surface area contributed by atoms with Gasteiger partial charge in [-0.05, 0) is 6.92 Å². The Kier molecular flexibility index (Phi) is 3.02. The van der Waals surface area contributed by atoms with E-state index in [9.17, 15) is 18.9 Å². The van der Waals surface area contributed by atoms with Crippen molar-refractivity contribution in [2.75, 3.05) is 5.73 Å². The van der Waals surface area contributed by atoms with Gasteiger partial charge in [0.15, 0.2) is 11.5 Å². The van der Waals surface area contributed by atoms with E-state index < -0.39 is 17.2 Å². The van der Waals surface area contributed by atoms with Gasteiger partial charge in [0.1, 0.15) is 5.69 Å². The highest BCUT2D eigenvalue weighted by molar-refractivity contribution is 5.76. The Labute approximate surface area is 103 Å². The minimum absolute atomic E-state index is 0.00954. The van der Waals surface area contributed by atoms with Gasteiger partial charge in [0.05, 0.1) is 4.92 Å². The fourth-order valence-electron chi connectivity index (χ4n) is 1.52. The quantitative estimate of drug-likeness (QED) is 0.566. The minimum Gasteiger partial charge on any atom is -0.417 e. The summed E-state index contributed by atoms with van der Waals surface area (Å²) in [6.45, 7) is -1.63. The molecule has 11 heteroatoms. The molecule has 2 aromatic rings.